The lowest BCUT2D eigenvalue weighted by Gasteiger charge is -2.11. The van der Waals surface area contributed by atoms with Gasteiger partial charge < -0.3 is 10.8 Å². The number of nitrogens with two attached hydrogens (primary N) is 1. The van der Waals surface area contributed by atoms with Crippen molar-refractivity contribution in [2.75, 3.05) is 11.5 Å². The van der Waals surface area contributed by atoms with Crippen LogP contribution in [0.4, 0.5) is 0 Å². The highest BCUT2D eigenvalue weighted by atomic mass is 32.2. The molecule has 0 radical (unpaired) electrons. The molecule has 1 unspecified atom stereocenters. The highest BCUT2D eigenvalue weighted by Crippen LogP contribution is 2.11. The standard InChI is InChI=1S/C10H19NO5S/c1-7(2)3-4-17(15,16)6-8(10(13)14)5-9(11)12/h7-8H,3-6H2,1-2H3,(H2,11,12)(H,13,14). The molecule has 0 bridgehead atoms. The van der Waals surface area contributed by atoms with Crippen molar-refractivity contribution in [3.05, 3.63) is 0 Å². The summed E-state index contributed by atoms with van der Waals surface area (Å²) in [6, 6.07) is 0. The van der Waals surface area contributed by atoms with Gasteiger partial charge in [-0.05, 0) is 12.3 Å². The molecule has 17 heavy (non-hydrogen) atoms. The van der Waals surface area contributed by atoms with E-state index in [1.54, 1.807) is 0 Å². The Bertz CT molecular complexity index is 374. The second kappa shape index (κ2) is 6.58. The third-order valence-electron chi connectivity index (χ3n) is 2.26. The number of sulfone groups is 1. The molecule has 0 aromatic carbocycles. The molecule has 0 saturated heterocycles. The number of amides is 1. The quantitative estimate of drug-likeness (QED) is 0.642. The summed E-state index contributed by atoms with van der Waals surface area (Å²) in [4.78, 5) is 21.4. The fourth-order valence-corrected chi connectivity index (χ4v) is 3.14. The number of carbonyl (C=O) groups is 2. The van der Waals surface area contributed by atoms with Crippen LogP contribution in [0.2, 0.25) is 0 Å². The zero-order valence-electron chi connectivity index (χ0n) is 10.0. The van der Waals surface area contributed by atoms with E-state index in [-0.39, 0.29) is 11.7 Å². The predicted octanol–water partition coefficient (Wildman–Crippen LogP) is 0.0235. The van der Waals surface area contributed by atoms with Gasteiger partial charge in [0.25, 0.3) is 0 Å². The number of primary amides is 1. The molecular formula is C10H19NO5S. The third-order valence-corrected chi connectivity index (χ3v) is 4.03. The summed E-state index contributed by atoms with van der Waals surface area (Å²) >= 11 is 0. The van der Waals surface area contributed by atoms with Crippen molar-refractivity contribution in [1.82, 2.24) is 0 Å². The molecule has 6 nitrogen and oxygen atoms in total. The summed E-state index contributed by atoms with van der Waals surface area (Å²) < 4.78 is 23.2. The van der Waals surface area contributed by atoms with Gasteiger partial charge in [-0.2, -0.15) is 0 Å². The van der Waals surface area contributed by atoms with Gasteiger partial charge in [-0.1, -0.05) is 13.8 Å². The van der Waals surface area contributed by atoms with Gasteiger partial charge in [0.15, 0.2) is 9.84 Å². The Morgan fingerprint density at radius 3 is 2.18 bits per heavy atom. The summed E-state index contributed by atoms with van der Waals surface area (Å²) in [6.07, 6.45) is 0.0293. The van der Waals surface area contributed by atoms with Crippen LogP contribution in [0.15, 0.2) is 0 Å². The van der Waals surface area contributed by atoms with Crippen LogP contribution in [-0.2, 0) is 19.4 Å². The lowest BCUT2D eigenvalue weighted by molar-refractivity contribution is -0.142. The molecule has 100 valence electrons. The molecule has 3 N–H and O–H groups in total. The molecule has 1 amide bonds. The monoisotopic (exact) mass is 265 g/mol. The average molecular weight is 265 g/mol. The summed E-state index contributed by atoms with van der Waals surface area (Å²) in [5, 5.41) is 8.79. The van der Waals surface area contributed by atoms with Gasteiger partial charge in [0, 0.05) is 6.42 Å². The van der Waals surface area contributed by atoms with Crippen molar-refractivity contribution in [3.63, 3.8) is 0 Å². The number of carboxylic acids is 1. The van der Waals surface area contributed by atoms with E-state index in [4.69, 9.17) is 10.8 Å². The van der Waals surface area contributed by atoms with E-state index in [1.165, 1.54) is 0 Å². The summed E-state index contributed by atoms with van der Waals surface area (Å²) in [6.45, 7) is 3.77. The van der Waals surface area contributed by atoms with Crippen LogP contribution in [0.3, 0.4) is 0 Å². The van der Waals surface area contributed by atoms with Gasteiger partial charge in [-0.15, -0.1) is 0 Å². The predicted molar refractivity (Wildman–Crippen MR) is 63.0 cm³/mol. The lowest BCUT2D eigenvalue weighted by atomic mass is 10.1. The molecule has 0 heterocycles. The SMILES string of the molecule is CC(C)CCS(=O)(=O)CC(CC(N)=O)C(=O)O. The summed E-state index contributed by atoms with van der Waals surface area (Å²) in [7, 11) is -3.46. The smallest absolute Gasteiger partial charge is 0.308 e. The topological polar surface area (TPSA) is 115 Å². The van der Waals surface area contributed by atoms with Crippen molar-refractivity contribution in [3.8, 4) is 0 Å². The molecule has 0 spiro atoms. The number of carbonyl (C=O) groups excluding carboxylic acids is 1. The second-order valence-corrected chi connectivity index (χ2v) is 6.73. The Labute approximate surface area is 101 Å². The molecular weight excluding hydrogens is 246 g/mol. The Hall–Kier alpha value is -1.11. The fraction of sp³-hybridized carbons (Fsp3) is 0.800. The number of rotatable bonds is 8. The van der Waals surface area contributed by atoms with Crippen molar-refractivity contribution < 1.29 is 23.1 Å². The van der Waals surface area contributed by atoms with E-state index < -0.39 is 39.8 Å². The Kier molecular flexibility index (Phi) is 6.15. The van der Waals surface area contributed by atoms with Crippen LogP contribution >= 0.6 is 0 Å². The minimum atomic E-state index is -3.46. The van der Waals surface area contributed by atoms with Crippen molar-refractivity contribution >= 4 is 21.7 Å². The largest absolute Gasteiger partial charge is 0.481 e. The maximum Gasteiger partial charge on any atom is 0.308 e. The number of carboxylic acid groups (broad SMARTS) is 1. The van der Waals surface area contributed by atoms with E-state index in [9.17, 15) is 18.0 Å². The Balaban J connectivity index is 4.53. The van der Waals surface area contributed by atoms with Crippen LogP contribution in [0, 0.1) is 11.8 Å². The number of aliphatic carboxylic acids is 1. The molecule has 0 aliphatic carbocycles. The van der Waals surface area contributed by atoms with E-state index in [1.807, 2.05) is 13.8 Å². The van der Waals surface area contributed by atoms with Crippen molar-refractivity contribution in [1.29, 1.82) is 0 Å². The Morgan fingerprint density at radius 2 is 1.82 bits per heavy atom. The molecule has 7 heteroatoms. The normalized spacial score (nSPS) is 13.6. The van der Waals surface area contributed by atoms with E-state index in [0.717, 1.165) is 0 Å². The first-order chi connectivity index (χ1) is 7.64. The highest BCUT2D eigenvalue weighted by molar-refractivity contribution is 7.91. The molecule has 0 aliphatic heterocycles. The minimum Gasteiger partial charge on any atom is -0.481 e. The van der Waals surface area contributed by atoms with Gasteiger partial charge >= 0.3 is 5.97 Å². The third kappa shape index (κ3) is 7.73. The summed E-state index contributed by atoms with van der Waals surface area (Å²) in [5.41, 5.74) is 4.88. The Morgan fingerprint density at radius 1 is 1.29 bits per heavy atom. The lowest BCUT2D eigenvalue weighted by Crippen LogP contribution is -2.30. The first-order valence-corrected chi connectivity index (χ1v) is 7.17. The number of hydrogen-bond acceptors (Lipinski definition) is 4. The van der Waals surface area contributed by atoms with Crippen LogP contribution in [0.5, 0.6) is 0 Å². The minimum absolute atomic E-state index is 0.0623. The van der Waals surface area contributed by atoms with E-state index >= 15 is 0 Å². The fourth-order valence-electron chi connectivity index (χ4n) is 1.27. The first kappa shape index (κ1) is 15.9. The first-order valence-electron chi connectivity index (χ1n) is 5.35. The molecule has 0 aromatic heterocycles. The maximum atomic E-state index is 11.6. The molecule has 0 fully saturated rings. The van der Waals surface area contributed by atoms with E-state index in [0.29, 0.717) is 6.42 Å². The number of hydrogen-bond donors (Lipinski definition) is 2. The van der Waals surface area contributed by atoms with Crippen LogP contribution in [0.1, 0.15) is 26.7 Å². The molecule has 1 atom stereocenters. The van der Waals surface area contributed by atoms with Crippen molar-refractivity contribution in [2.45, 2.75) is 26.7 Å². The van der Waals surface area contributed by atoms with Gasteiger partial charge in [0.2, 0.25) is 5.91 Å². The maximum absolute atomic E-state index is 11.6. The molecule has 0 saturated carbocycles. The van der Waals surface area contributed by atoms with Gasteiger partial charge in [-0.3, -0.25) is 9.59 Å². The van der Waals surface area contributed by atoms with Gasteiger partial charge in [0.05, 0.1) is 17.4 Å². The average Bonchev–Trinajstić information content (AvgIpc) is 2.12. The summed E-state index contributed by atoms with van der Waals surface area (Å²) in [5.74, 6) is -3.73. The van der Waals surface area contributed by atoms with Gasteiger partial charge in [-0.25, -0.2) is 8.42 Å². The van der Waals surface area contributed by atoms with Crippen LogP contribution in [0.25, 0.3) is 0 Å². The zero-order valence-corrected chi connectivity index (χ0v) is 10.9. The molecule has 0 rings (SSSR count). The van der Waals surface area contributed by atoms with E-state index in [2.05, 4.69) is 0 Å². The van der Waals surface area contributed by atoms with Gasteiger partial charge in [0.1, 0.15) is 0 Å². The molecule has 0 aromatic rings. The second-order valence-electron chi connectivity index (χ2n) is 4.50. The van der Waals surface area contributed by atoms with Crippen LogP contribution < -0.4 is 5.73 Å². The highest BCUT2D eigenvalue weighted by Gasteiger charge is 2.26. The molecule has 0 aliphatic rings. The van der Waals surface area contributed by atoms with Crippen LogP contribution in [-0.4, -0.2) is 36.9 Å². The van der Waals surface area contributed by atoms with Crippen molar-refractivity contribution in [2.24, 2.45) is 17.6 Å². The zero-order chi connectivity index (χ0) is 13.6.